The van der Waals surface area contributed by atoms with Gasteiger partial charge in [-0.2, -0.15) is 10.2 Å². The Bertz CT molecular complexity index is 1530. The van der Waals surface area contributed by atoms with Gasteiger partial charge in [-0.1, -0.05) is 12.1 Å². The maximum Gasteiger partial charge on any atom is 0.276 e. The second-order valence-corrected chi connectivity index (χ2v) is 8.39. The number of likely N-dealkylation sites (N-methyl/N-ethyl adjacent to an activating group) is 1. The molecule has 0 aliphatic carbocycles. The van der Waals surface area contributed by atoms with Gasteiger partial charge in [0.2, 0.25) is 0 Å². The summed E-state index contributed by atoms with van der Waals surface area (Å²) in [6.45, 7) is 2.02. The van der Waals surface area contributed by atoms with E-state index < -0.39 is 0 Å². The summed E-state index contributed by atoms with van der Waals surface area (Å²) in [5.41, 5.74) is 4.59. The Balaban J connectivity index is 1.21. The van der Waals surface area contributed by atoms with Gasteiger partial charge in [-0.25, -0.2) is 4.98 Å². The van der Waals surface area contributed by atoms with Crippen LogP contribution >= 0.6 is 0 Å². The Labute approximate surface area is 200 Å². The second-order valence-electron chi connectivity index (χ2n) is 8.39. The van der Waals surface area contributed by atoms with Crippen molar-refractivity contribution in [1.82, 2.24) is 29.9 Å². The lowest BCUT2D eigenvalue weighted by Crippen LogP contribution is -2.29. The summed E-state index contributed by atoms with van der Waals surface area (Å²) in [7, 11) is 2.00. The lowest BCUT2D eigenvalue weighted by Gasteiger charge is -2.26. The molecule has 0 radical (unpaired) electrons. The van der Waals surface area contributed by atoms with Crippen LogP contribution in [-0.2, 0) is 6.54 Å². The van der Waals surface area contributed by atoms with Gasteiger partial charge in [0, 0.05) is 42.8 Å². The smallest absolute Gasteiger partial charge is 0.276 e. The number of aromatic nitrogens is 6. The fraction of sp³-hybridized carbons (Fsp3) is 0.160. The van der Waals surface area contributed by atoms with Crippen LogP contribution in [0.4, 0.5) is 11.5 Å². The number of nitrogens with zero attached hydrogens (tertiary/aromatic N) is 6. The Kier molecular flexibility index (Phi) is 5.10. The zero-order valence-electron chi connectivity index (χ0n) is 19.0. The topological polar surface area (TPSA) is 114 Å². The number of amides is 1. The number of hydrogen-bond donors (Lipinski definition) is 2. The molecule has 0 bridgehead atoms. The van der Waals surface area contributed by atoms with Crippen molar-refractivity contribution >= 4 is 28.3 Å². The van der Waals surface area contributed by atoms with Crippen molar-refractivity contribution in [3.05, 3.63) is 78.6 Å². The van der Waals surface area contributed by atoms with Crippen molar-refractivity contribution in [3.8, 4) is 16.9 Å². The fourth-order valence-corrected chi connectivity index (χ4v) is 4.14. The minimum atomic E-state index is -0.309. The average molecular weight is 467 g/mol. The number of nitrogens with one attached hydrogen (secondary N) is 2. The molecule has 5 heterocycles. The van der Waals surface area contributed by atoms with E-state index in [4.69, 9.17) is 4.74 Å². The predicted octanol–water partition coefficient (Wildman–Crippen LogP) is 3.35. The Morgan fingerprint density at radius 1 is 1.17 bits per heavy atom. The number of rotatable bonds is 5. The molecule has 4 aromatic heterocycles. The minimum absolute atomic E-state index is 0.309. The maximum absolute atomic E-state index is 12.9. The van der Waals surface area contributed by atoms with Crippen molar-refractivity contribution in [1.29, 1.82) is 0 Å². The van der Waals surface area contributed by atoms with E-state index in [2.05, 4.69) is 35.5 Å². The minimum Gasteiger partial charge on any atom is -0.488 e. The molecular formula is C25H22N8O2. The van der Waals surface area contributed by atoms with Crippen molar-refractivity contribution < 1.29 is 9.53 Å². The molecule has 0 spiro atoms. The van der Waals surface area contributed by atoms with Crippen LogP contribution in [-0.4, -0.2) is 56.1 Å². The molecular weight excluding hydrogens is 444 g/mol. The molecule has 10 heteroatoms. The third-order valence-electron chi connectivity index (χ3n) is 5.95. The highest BCUT2D eigenvalue weighted by Gasteiger charge is 2.19. The van der Waals surface area contributed by atoms with Gasteiger partial charge in [-0.05, 0) is 35.4 Å². The molecule has 0 atom stereocenters. The van der Waals surface area contributed by atoms with Gasteiger partial charge >= 0.3 is 0 Å². The lowest BCUT2D eigenvalue weighted by atomic mass is 10.0. The monoisotopic (exact) mass is 466 g/mol. The summed E-state index contributed by atoms with van der Waals surface area (Å²) in [6, 6.07) is 11.7. The van der Waals surface area contributed by atoms with Crippen LogP contribution in [0.15, 0.2) is 67.4 Å². The first-order valence-corrected chi connectivity index (χ1v) is 11.2. The summed E-state index contributed by atoms with van der Waals surface area (Å²) < 4.78 is 7.53. The van der Waals surface area contributed by atoms with Crippen LogP contribution in [0.25, 0.3) is 22.0 Å². The lowest BCUT2D eigenvalue weighted by molar-refractivity contribution is 0.102. The van der Waals surface area contributed by atoms with Crippen molar-refractivity contribution in [2.75, 3.05) is 30.4 Å². The van der Waals surface area contributed by atoms with E-state index in [1.54, 1.807) is 29.5 Å². The number of ether oxygens (including phenoxy) is 1. The number of pyridine rings is 2. The molecule has 1 aromatic carbocycles. The first kappa shape index (κ1) is 20.8. The first-order valence-electron chi connectivity index (χ1n) is 11.2. The van der Waals surface area contributed by atoms with Crippen LogP contribution in [0, 0.1) is 0 Å². The van der Waals surface area contributed by atoms with E-state index in [-0.39, 0.29) is 5.91 Å². The molecule has 0 saturated heterocycles. The summed E-state index contributed by atoms with van der Waals surface area (Å²) in [5.74, 6) is 1.30. The molecule has 1 amide bonds. The van der Waals surface area contributed by atoms with Gasteiger partial charge in [0.05, 0.1) is 30.5 Å². The molecule has 0 unspecified atom stereocenters. The van der Waals surface area contributed by atoms with Gasteiger partial charge in [0.25, 0.3) is 5.91 Å². The highest BCUT2D eigenvalue weighted by molar-refractivity contribution is 6.11. The number of fused-ring (bicyclic) bond motifs is 2. The molecule has 35 heavy (non-hydrogen) atoms. The zero-order chi connectivity index (χ0) is 23.8. The molecule has 2 N–H and O–H groups in total. The molecule has 5 aromatic rings. The van der Waals surface area contributed by atoms with E-state index in [9.17, 15) is 4.79 Å². The van der Waals surface area contributed by atoms with E-state index >= 15 is 0 Å². The summed E-state index contributed by atoms with van der Waals surface area (Å²) in [5, 5.41) is 15.2. The maximum atomic E-state index is 12.9. The second kappa shape index (κ2) is 8.56. The van der Waals surface area contributed by atoms with Crippen molar-refractivity contribution in [3.63, 3.8) is 0 Å². The number of aromatic amines is 1. The van der Waals surface area contributed by atoms with Crippen LogP contribution in [0.1, 0.15) is 16.1 Å². The third-order valence-corrected chi connectivity index (χ3v) is 5.95. The zero-order valence-corrected chi connectivity index (χ0v) is 19.0. The van der Waals surface area contributed by atoms with Gasteiger partial charge in [0.1, 0.15) is 6.61 Å². The molecule has 6 rings (SSSR count). The highest BCUT2D eigenvalue weighted by Crippen LogP contribution is 2.33. The van der Waals surface area contributed by atoms with E-state index in [1.807, 2.05) is 49.6 Å². The molecule has 174 valence electrons. The predicted molar refractivity (Wildman–Crippen MR) is 132 cm³/mol. The number of carbonyl (C=O) groups excluding carboxylic acids is 1. The van der Waals surface area contributed by atoms with Crippen LogP contribution in [0.2, 0.25) is 0 Å². The van der Waals surface area contributed by atoms with E-state index in [1.165, 1.54) is 0 Å². The molecule has 0 saturated carbocycles. The summed E-state index contributed by atoms with van der Waals surface area (Å²) >= 11 is 0. The first-order chi connectivity index (χ1) is 17.1. The molecule has 1 aliphatic heterocycles. The van der Waals surface area contributed by atoms with E-state index in [0.717, 1.165) is 45.7 Å². The number of H-pyrrole nitrogens is 1. The SMILES string of the molecule is CN1CCOc2cc(-c3ccc4c(C(=O)Nc5cnn(Cc6cccnc6)c5)n[nH]c4c3)cnc21. The number of carbonyl (C=O) groups is 1. The molecule has 0 fully saturated rings. The molecule has 10 nitrogen and oxygen atoms in total. The third kappa shape index (κ3) is 4.05. The Hall–Kier alpha value is -4.73. The fourth-order valence-electron chi connectivity index (χ4n) is 4.14. The highest BCUT2D eigenvalue weighted by atomic mass is 16.5. The van der Waals surface area contributed by atoms with Crippen molar-refractivity contribution in [2.45, 2.75) is 6.54 Å². The van der Waals surface area contributed by atoms with Crippen molar-refractivity contribution in [2.24, 2.45) is 0 Å². The quantitative estimate of drug-likeness (QED) is 0.408. The van der Waals surface area contributed by atoms with Gasteiger partial charge < -0.3 is 15.0 Å². The molecule has 1 aliphatic rings. The van der Waals surface area contributed by atoms with Gasteiger partial charge in [-0.3, -0.25) is 19.6 Å². The summed E-state index contributed by atoms with van der Waals surface area (Å²) in [4.78, 5) is 23.7. The summed E-state index contributed by atoms with van der Waals surface area (Å²) in [6.07, 6.45) is 8.74. The Morgan fingerprint density at radius 3 is 3.00 bits per heavy atom. The number of anilines is 2. The number of benzene rings is 1. The van der Waals surface area contributed by atoms with E-state index in [0.29, 0.717) is 24.5 Å². The van der Waals surface area contributed by atoms with Gasteiger partial charge in [0.15, 0.2) is 17.3 Å². The van der Waals surface area contributed by atoms with Gasteiger partial charge in [-0.15, -0.1) is 0 Å². The number of hydrogen-bond acceptors (Lipinski definition) is 7. The normalized spacial score (nSPS) is 12.9. The van der Waals surface area contributed by atoms with Crippen LogP contribution < -0.4 is 15.0 Å². The van der Waals surface area contributed by atoms with Crippen LogP contribution in [0.5, 0.6) is 5.75 Å². The standard InChI is InChI=1S/C25H22N8O2/c1-32-7-8-35-22-10-18(12-27-24(22)32)17-4-5-20-21(9-17)30-31-23(20)25(34)29-19-13-28-33(15-19)14-16-3-2-6-26-11-16/h2-6,9-13,15H,7-8,14H2,1H3,(H,29,34)(H,30,31). The largest absolute Gasteiger partial charge is 0.488 e. The van der Waals surface area contributed by atoms with Crippen LogP contribution in [0.3, 0.4) is 0 Å². The Morgan fingerprint density at radius 2 is 2.11 bits per heavy atom. The average Bonchev–Trinajstić information content (AvgIpc) is 3.51.